The molecule has 1 aromatic carbocycles. The maximum Gasteiger partial charge on any atom is 0.310 e. The van der Waals surface area contributed by atoms with Crippen molar-refractivity contribution in [2.75, 3.05) is 0 Å². The molecule has 0 saturated heterocycles. The van der Waals surface area contributed by atoms with Gasteiger partial charge in [-0.1, -0.05) is 6.92 Å². The second-order valence-corrected chi connectivity index (χ2v) is 3.30. The molecule has 0 aromatic heterocycles. The molecule has 13 heavy (non-hydrogen) atoms. The molecule has 0 spiro atoms. The highest BCUT2D eigenvalue weighted by atomic mass is 79.9. The van der Waals surface area contributed by atoms with Gasteiger partial charge in [-0.3, -0.25) is 4.79 Å². The summed E-state index contributed by atoms with van der Waals surface area (Å²) in [5.41, 5.74) is 0. The van der Waals surface area contributed by atoms with Gasteiger partial charge in [-0.15, -0.1) is 0 Å². The van der Waals surface area contributed by atoms with Crippen molar-refractivity contribution in [2.24, 2.45) is 0 Å². The molecule has 3 nitrogen and oxygen atoms in total. The number of ether oxygens (including phenoxy) is 1. The molecule has 1 N–H and O–H groups in total. The first-order valence-corrected chi connectivity index (χ1v) is 4.62. The molecule has 70 valence electrons. The zero-order valence-corrected chi connectivity index (χ0v) is 8.67. The lowest BCUT2D eigenvalue weighted by atomic mass is 10.3. The molecular formula is C9H9BrO3. The highest BCUT2D eigenvalue weighted by Gasteiger charge is 2.03. The molecule has 0 radical (unpaired) electrons. The first-order chi connectivity index (χ1) is 6.13. The van der Waals surface area contributed by atoms with E-state index in [0.29, 0.717) is 16.6 Å². The molecule has 0 unspecified atom stereocenters. The van der Waals surface area contributed by atoms with Gasteiger partial charge in [0.25, 0.3) is 0 Å². The Balaban J connectivity index is 2.79. The fourth-order valence-electron chi connectivity index (χ4n) is 0.755. The van der Waals surface area contributed by atoms with Gasteiger partial charge in [0.2, 0.25) is 0 Å². The first-order valence-electron chi connectivity index (χ1n) is 3.82. The molecule has 0 heterocycles. The molecule has 0 aliphatic rings. The number of hydrogen-bond donors (Lipinski definition) is 1. The summed E-state index contributed by atoms with van der Waals surface area (Å²) in [7, 11) is 0. The molecule has 0 saturated carbocycles. The van der Waals surface area contributed by atoms with E-state index in [2.05, 4.69) is 15.9 Å². The van der Waals surface area contributed by atoms with Gasteiger partial charge in [0, 0.05) is 6.42 Å². The predicted molar refractivity (Wildman–Crippen MR) is 51.7 cm³/mol. The number of hydrogen-bond acceptors (Lipinski definition) is 3. The Morgan fingerprint density at radius 3 is 2.85 bits per heavy atom. The molecule has 1 aromatic rings. The number of carbonyl (C=O) groups excluding carboxylic acids is 1. The van der Waals surface area contributed by atoms with Gasteiger partial charge in [0.15, 0.2) is 0 Å². The Bertz CT molecular complexity index is 323. The maximum atomic E-state index is 10.9. The van der Waals surface area contributed by atoms with Gasteiger partial charge >= 0.3 is 5.97 Å². The SMILES string of the molecule is CCC(=O)Oc1ccc(O)c(Br)c1. The Morgan fingerprint density at radius 2 is 2.31 bits per heavy atom. The van der Waals surface area contributed by atoms with E-state index in [1.54, 1.807) is 13.0 Å². The van der Waals surface area contributed by atoms with Crippen molar-refractivity contribution >= 4 is 21.9 Å². The normalized spacial score (nSPS) is 9.69. The van der Waals surface area contributed by atoms with Crippen molar-refractivity contribution in [2.45, 2.75) is 13.3 Å². The van der Waals surface area contributed by atoms with Crippen LogP contribution < -0.4 is 4.74 Å². The quantitative estimate of drug-likeness (QED) is 0.643. The number of phenolic OH excluding ortho intramolecular Hbond substituents is 1. The third-order valence-electron chi connectivity index (χ3n) is 1.44. The molecule has 1 rings (SSSR count). The zero-order valence-electron chi connectivity index (χ0n) is 7.08. The van der Waals surface area contributed by atoms with Crippen LogP contribution in [0.3, 0.4) is 0 Å². The van der Waals surface area contributed by atoms with E-state index in [-0.39, 0.29) is 11.7 Å². The van der Waals surface area contributed by atoms with Crippen LogP contribution in [-0.4, -0.2) is 11.1 Å². The van der Waals surface area contributed by atoms with Crippen LogP contribution in [0.1, 0.15) is 13.3 Å². The summed E-state index contributed by atoms with van der Waals surface area (Å²) >= 11 is 3.12. The third-order valence-corrected chi connectivity index (χ3v) is 2.07. The zero-order chi connectivity index (χ0) is 9.84. The van der Waals surface area contributed by atoms with Gasteiger partial charge in [-0.05, 0) is 34.1 Å². The van der Waals surface area contributed by atoms with Crippen LogP contribution in [0.4, 0.5) is 0 Å². The highest BCUT2D eigenvalue weighted by Crippen LogP contribution is 2.27. The van der Waals surface area contributed by atoms with Gasteiger partial charge in [0.05, 0.1) is 4.47 Å². The summed E-state index contributed by atoms with van der Waals surface area (Å²) < 4.78 is 5.43. The number of carbonyl (C=O) groups is 1. The summed E-state index contributed by atoms with van der Waals surface area (Å²) in [6.45, 7) is 1.72. The molecule has 4 heteroatoms. The van der Waals surface area contributed by atoms with E-state index in [4.69, 9.17) is 9.84 Å². The van der Waals surface area contributed by atoms with E-state index < -0.39 is 0 Å². The van der Waals surface area contributed by atoms with E-state index in [1.807, 2.05) is 0 Å². The summed E-state index contributed by atoms with van der Waals surface area (Å²) in [5, 5.41) is 9.15. The van der Waals surface area contributed by atoms with Gasteiger partial charge in [-0.25, -0.2) is 0 Å². The first kappa shape index (κ1) is 10.1. The molecule has 0 amide bonds. The van der Waals surface area contributed by atoms with Crippen molar-refractivity contribution < 1.29 is 14.6 Å². The fourth-order valence-corrected chi connectivity index (χ4v) is 1.11. The second kappa shape index (κ2) is 4.28. The van der Waals surface area contributed by atoms with Crippen LogP contribution in [0, 0.1) is 0 Å². The second-order valence-electron chi connectivity index (χ2n) is 2.44. The van der Waals surface area contributed by atoms with Gasteiger partial charge in [-0.2, -0.15) is 0 Å². The van der Waals surface area contributed by atoms with Crippen molar-refractivity contribution in [1.29, 1.82) is 0 Å². The minimum absolute atomic E-state index is 0.122. The van der Waals surface area contributed by atoms with Crippen LogP contribution in [0.2, 0.25) is 0 Å². The van der Waals surface area contributed by atoms with Crippen molar-refractivity contribution in [1.82, 2.24) is 0 Å². The Labute approximate surface area is 84.5 Å². The molecule has 0 aliphatic carbocycles. The number of esters is 1. The average Bonchev–Trinajstić information content (AvgIpc) is 2.11. The smallest absolute Gasteiger partial charge is 0.310 e. The monoisotopic (exact) mass is 244 g/mol. The Kier molecular flexibility index (Phi) is 3.31. The highest BCUT2D eigenvalue weighted by molar-refractivity contribution is 9.10. The lowest BCUT2D eigenvalue weighted by Gasteiger charge is -2.03. The van der Waals surface area contributed by atoms with Crippen LogP contribution >= 0.6 is 15.9 Å². The Hall–Kier alpha value is -1.03. The predicted octanol–water partition coefficient (Wildman–Crippen LogP) is 2.47. The summed E-state index contributed by atoms with van der Waals surface area (Å²) in [6, 6.07) is 4.54. The number of rotatable bonds is 2. The number of aromatic hydroxyl groups is 1. The number of phenols is 1. The number of benzene rings is 1. The van der Waals surface area contributed by atoms with Gasteiger partial charge < -0.3 is 9.84 Å². The maximum absolute atomic E-state index is 10.9. The fraction of sp³-hybridized carbons (Fsp3) is 0.222. The van der Waals surface area contributed by atoms with Crippen LogP contribution in [0.25, 0.3) is 0 Å². The average molecular weight is 245 g/mol. The van der Waals surface area contributed by atoms with E-state index in [0.717, 1.165) is 0 Å². The molecule has 0 bridgehead atoms. The number of halogens is 1. The van der Waals surface area contributed by atoms with Crippen molar-refractivity contribution in [3.05, 3.63) is 22.7 Å². The minimum atomic E-state index is -0.294. The third kappa shape index (κ3) is 2.73. The molecular weight excluding hydrogens is 236 g/mol. The summed E-state index contributed by atoms with van der Waals surface area (Å²) in [4.78, 5) is 10.9. The van der Waals surface area contributed by atoms with Crippen LogP contribution in [0.15, 0.2) is 22.7 Å². The van der Waals surface area contributed by atoms with E-state index in [9.17, 15) is 4.79 Å². The standard InChI is InChI=1S/C9H9BrO3/c1-2-9(12)13-6-3-4-8(11)7(10)5-6/h3-5,11H,2H2,1H3. The topological polar surface area (TPSA) is 46.5 Å². The lowest BCUT2D eigenvalue weighted by molar-refractivity contribution is -0.134. The van der Waals surface area contributed by atoms with Crippen molar-refractivity contribution in [3.63, 3.8) is 0 Å². The molecule has 0 atom stereocenters. The van der Waals surface area contributed by atoms with Gasteiger partial charge in [0.1, 0.15) is 11.5 Å². The summed E-state index contributed by atoms with van der Waals surface area (Å²) in [5.74, 6) is 0.255. The largest absolute Gasteiger partial charge is 0.507 e. The van der Waals surface area contributed by atoms with E-state index >= 15 is 0 Å². The summed E-state index contributed by atoms with van der Waals surface area (Å²) in [6.07, 6.45) is 0.332. The lowest BCUT2D eigenvalue weighted by Crippen LogP contribution is -2.05. The van der Waals surface area contributed by atoms with Crippen LogP contribution in [0.5, 0.6) is 11.5 Å². The molecule has 0 aliphatic heterocycles. The Morgan fingerprint density at radius 1 is 1.62 bits per heavy atom. The van der Waals surface area contributed by atoms with Crippen molar-refractivity contribution in [3.8, 4) is 11.5 Å². The van der Waals surface area contributed by atoms with Crippen LogP contribution in [-0.2, 0) is 4.79 Å². The minimum Gasteiger partial charge on any atom is -0.507 e. The van der Waals surface area contributed by atoms with E-state index in [1.165, 1.54) is 12.1 Å². The molecule has 0 fully saturated rings.